The minimum atomic E-state index is -3.79. The van der Waals surface area contributed by atoms with Crippen molar-refractivity contribution in [2.75, 3.05) is 32.8 Å². The summed E-state index contributed by atoms with van der Waals surface area (Å²) >= 11 is 5.83. The lowest BCUT2D eigenvalue weighted by Crippen LogP contribution is -2.51. The van der Waals surface area contributed by atoms with E-state index in [-0.39, 0.29) is 49.2 Å². The summed E-state index contributed by atoms with van der Waals surface area (Å²) in [7, 11) is -3.79. The Morgan fingerprint density at radius 2 is 1.78 bits per heavy atom. The zero-order valence-corrected chi connectivity index (χ0v) is 18.9. The van der Waals surface area contributed by atoms with E-state index in [0.717, 1.165) is 0 Å². The molecule has 11 heteroatoms. The van der Waals surface area contributed by atoms with Crippen molar-refractivity contribution in [2.45, 2.75) is 18.4 Å². The molecule has 0 aliphatic carbocycles. The largest absolute Gasteiger partial charge is 0.484 e. The van der Waals surface area contributed by atoms with E-state index in [0.29, 0.717) is 22.8 Å². The first-order valence-corrected chi connectivity index (χ1v) is 11.9. The number of sulfonamides is 1. The highest BCUT2D eigenvalue weighted by molar-refractivity contribution is 7.89. The molecule has 9 nitrogen and oxygen atoms in total. The van der Waals surface area contributed by atoms with Crippen LogP contribution in [-0.2, 0) is 21.4 Å². The van der Waals surface area contributed by atoms with Crippen molar-refractivity contribution < 1.29 is 22.4 Å². The maximum absolute atomic E-state index is 13.1. The van der Waals surface area contributed by atoms with Crippen molar-refractivity contribution in [3.05, 3.63) is 58.0 Å². The number of fused-ring (bicyclic) bond motifs is 1. The molecule has 0 unspecified atom stereocenters. The van der Waals surface area contributed by atoms with Crippen LogP contribution >= 0.6 is 11.6 Å². The van der Waals surface area contributed by atoms with Crippen LogP contribution in [-0.4, -0.2) is 60.9 Å². The number of ether oxygens (including phenoxy) is 1. The van der Waals surface area contributed by atoms with Crippen molar-refractivity contribution in [1.82, 2.24) is 13.8 Å². The summed E-state index contributed by atoms with van der Waals surface area (Å²) in [5, 5.41) is 0.574. The fourth-order valence-corrected chi connectivity index (χ4v) is 5.16. The van der Waals surface area contributed by atoms with Crippen LogP contribution in [0.5, 0.6) is 5.75 Å². The van der Waals surface area contributed by atoms with Crippen LogP contribution in [0.15, 0.2) is 56.6 Å². The maximum Gasteiger partial charge on any atom is 0.419 e. The summed E-state index contributed by atoms with van der Waals surface area (Å²) in [6, 6.07) is 11.1. The van der Waals surface area contributed by atoms with Gasteiger partial charge in [-0.3, -0.25) is 9.36 Å². The second-order valence-electron chi connectivity index (χ2n) is 7.27. The number of rotatable bonds is 6. The molecule has 2 heterocycles. The third kappa shape index (κ3) is 4.38. The highest BCUT2D eigenvalue weighted by atomic mass is 35.5. The van der Waals surface area contributed by atoms with E-state index in [1.165, 1.54) is 21.0 Å². The highest BCUT2D eigenvalue weighted by Gasteiger charge is 2.30. The fraction of sp³-hybridized carbons (Fsp3) is 0.333. The Bertz CT molecular complexity index is 1290. The van der Waals surface area contributed by atoms with Gasteiger partial charge in [0.25, 0.3) is 5.91 Å². The number of carbonyl (C=O) groups excluding carboxylic acids is 1. The number of hydrogen-bond donors (Lipinski definition) is 0. The predicted molar refractivity (Wildman–Crippen MR) is 118 cm³/mol. The molecule has 0 bridgehead atoms. The number of oxazole rings is 1. The second kappa shape index (κ2) is 8.97. The molecule has 3 aromatic rings. The van der Waals surface area contributed by atoms with Crippen LogP contribution in [0.25, 0.3) is 11.1 Å². The molecule has 2 aromatic carbocycles. The van der Waals surface area contributed by atoms with Gasteiger partial charge in [0.1, 0.15) is 5.75 Å². The summed E-state index contributed by atoms with van der Waals surface area (Å²) in [4.78, 5) is 25.9. The monoisotopic (exact) mass is 479 g/mol. The number of aryl methyl sites for hydroxylation is 1. The third-order valence-corrected chi connectivity index (χ3v) is 7.51. The van der Waals surface area contributed by atoms with Crippen LogP contribution in [0.2, 0.25) is 5.02 Å². The van der Waals surface area contributed by atoms with Crippen LogP contribution in [0.4, 0.5) is 0 Å². The highest BCUT2D eigenvalue weighted by Crippen LogP contribution is 2.23. The zero-order chi connectivity index (χ0) is 22.9. The van der Waals surface area contributed by atoms with Gasteiger partial charge in [-0.2, -0.15) is 4.31 Å². The van der Waals surface area contributed by atoms with Gasteiger partial charge >= 0.3 is 5.76 Å². The fourth-order valence-electron chi connectivity index (χ4n) is 3.60. The van der Waals surface area contributed by atoms with Gasteiger partial charge in [0.2, 0.25) is 10.0 Å². The van der Waals surface area contributed by atoms with Crippen molar-refractivity contribution in [1.29, 1.82) is 0 Å². The first-order valence-electron chi connectivity index (χ1n) is 10.1. The molecule has 1 fully saturated rings. The molecule has 32 heavy (non-hydrogen) atoms. The Balaban J connectivity index is 1.39. The molecule has 0 atom stereocenters. The number of amides is 1. The first-order chi connectivity index (χ1) is 15.3. The van der Waals surface area contributed by atoms with Crippen molar-refractivity contribution >= 4 is 38.6 Å². The number of piperazine rings is 1. The average Bonchev–Trinajstić information content (AvgIpc) is 3.12. The molecule has 1 aliphatic rings. The molecule has 170 valence electrons. The van der Waals surface area contributed by atoms with Gasteiger partial charge in [-0.1, -0.05) is 11.6 Å². The molecule has 0 saturated carbocycles. The summed E-state index contributed by atoms with van der Waals surface area (Å²) < 4.78 is 39.6. The van der Waals surface area contributed by atoms with E-state index in [2.05, 4.69) is 0 Å². The van der Waals surface area contributed by atoms with Crippen LogP contribution in [0.3, 0.4) is 0 Å². The van der Waals surface area contributed by atoms with Gasteiger partial charge < -0.3 is 14.1 Å². The normalized spacial score (nSPS) is 15.2. The quantitative estimate of drug-likeness (QED) is 0.537. The summed E-state index contributed by atoms with van der Waals surface area (Å²) in [6.45, 7) is 2.92. The smallest absolute Gasteiger partial charge is 0.419 e. The van der Waals surface area contributed by atoms with Gasteiger partial charge in [0, 0.05) is 43.8 Å². The van der Waals surface area contributed by atoms with Gasteiger partial charge in [0.05, 0.1) is 10.4 Å². The van der Waals surface area contributed by atoms with Crippen molar-refractivity contribution in [2.24, 2.45) is 0 Å². The second-order valence-corrected chi connectivity index (χ2v) is 9.64. The van der Waals surface area contributed by atoms with Gasteiger partial charge in [-0.05, 0) is 43.3 Å². The number of aromatic nitrogens is 1. The molecule has 1 amide bonds. The molecule has 1 saturated heterocycles. The summed E-state index contributed by atoms with van der Waals surface area (Å²) in [6.07, 6.45) is 0. The molecular weight excluding hydrogens is 458 g/mol. The van der Waals surface area contributed by atoms with E-state index >= 15 is 0 Å². The third-order valence-electron chi connectivity index (χ3n) is 5.36. The maximum atomic E-state index is 13.1. The molecule has 0 N–H and O–H groups in total. The van der Waals surface area contributed by atoms with Gasteiger partial charge in [-0.25, -0.2) is 13.2 Å². The lowest BCUT2D eigenvalue weighted by molar-refractivity contribution is -0.134. The number of hydrogen-bond acceptors (Lipinski definition) is 6. The topological polar surface area (TPSA) is 102 Å². The molecule has 1 aromatic heterocycles. The Morgan fingerprint density at radius 3 is 2.44 bits per heavy atom. The van der Waals surface area contributed by atoms with Crippen LogP contribution < -0.4 is 10.5 Å². The number of carbonyl (C=O) groups is 1. The number of halogens is 1. The standard InChI is InChI=1S/C21H22ClN3O6S/c1-2-25-18-8-7-17(13-19(18)31-21(25)27)32(28,29)24-11-9-23(10-12-24)20(26)14-30-16-5-3-15(22)4-6-16/h3-8,13H,2,9-12,14H2,1H3. The number of benzene rings is 2. The van der Waals surface area contributed by atoms with Gasteiger partial charge in [0.15, 0.2) is 12.2 Å². The summed E-state index contributed by atoms with van der Waals surface area (Å²) in [5.74, 6) is -0.214. The predicted octanol–water partition coefficient (Wildman–Crippen LogP) is 2.18. The molecule has 0 radical (unpaired) electrons. The molecule has 4 rings (SSSR count). The van der Waals surface area contributed by atoms with E-state index in [4.69, 9.17) is 20.8 Å². The summed E-state index contributed by atoms with van der Waals surface area (Å²) in [5.41, 5.74) is 0.777. The van der Waals surface area contributed by atoms with Crippen molar-refractivity contribution in [3.8, 4) is 5.75 Å². The Morgan fingerprint density at radius 1 is 1.09 bits per heavy atom. The Kier molecular flexibility index (Phi) is 6.27. The van der Waals surface area contributed by atoms with E-state index < -0.39 is 15.8 Å². The first kappa shape index (κ1) is 22.4. The Hall–Kier alpha value is -2.82. The lowest BCUT2D eigenvalue weighted by Gasteiger charge is -2.33. The van der Waals surface area contributed by atoms with Crippen molar-refractivity contribution in [3.63, 3.8) is 0 Å². The van der Waals surface area contributed by atoms with E-state index in [1.807, 2.05) is 6.92 Å². The average molecular weight is 480 g/mol. The molecule has 1 aliphatic heterocycles. The SMILES string of the molecule is CCn1c(=O)oc2cc(S(=O)(=O)N3CCN(C(=O)COc4ccc(Cl)cc4)CC3)ccc21. The van der Waals surface area contributed by atoms with E-state index in [1.54, 1.807) is 35.2 Å². The minimum Gasteiger partial charge on any atom is -0.484 e. The van der Waals surface area contributed by atoms with Gasteiger partial charge in [-0.15, -0.1) is 0 Å². The van der Waals surface area contributed by atoms with Crippen LogP contribution in [0.1, 0.15) is 6.92 Å². The van der Waals surface area contributed by atoms with Crippen LogP contribution in [0, 0.1) is 0 Å². The minimum absolute atomic E-state index is 0.0489. The molecular formula is C21H22ClN3O6S. The Labute approximate surface area is 189 Å². The number of nitrogens with zero attached hydrogens (tertiary/aromatic N) is 3. The van der Waals surface area contributed by atoms with E-state index in [9.17, 15) is 18.0 Å². The zero-order valence-electron chi connectivity index (χ0n) is 17.4. The lowest BCUT2D eigenvalue weighted by atomic mass is 10.3. The molecule has 0 spiro atoms.